The summed E-state index contributed by atoms with van der Waals surface area (Å²) in [4.78, 5) is 22.4. The topological polar surface area (TPSA) is 71.3 Å². The molecule has 0 aliphatic heterocycles. The van der Waals surface area contributed by atoms with E-state index in [0.29, 0.717) is 12.1 Å². The van der Waals surface area contributed by atoms with E-state index in [1.807, 2.05) is 35.7 Å². The molecule has 0 radical (unpaired) electrons. The van der Waals surface area contributed by atoms with E-state index in [-0.39, 0.29) is 5.91 Å². The normalized spacial score (nSPS) is 10.8. The van der Waals surface area contributed by atoms with Crippen LogP contribution in [0.25, 0.3) is 16.9 Å². The average molecular weight is 404 g/mol. The maximum atomic E-state index is 12.2. The first kappa shape index (κ1) is 19.0. The quantitative estimate of drug-likeness (QED) is 0.460. The van der Waals surface area contributed by atoms with Crippen LogP contribution in [0, 0.1) is 0 Å². The van der Waals surface area contributed by atoms with Crippen LogP contribution in [0.2, 0.25) is 0 Å². The third kappa shape index (κ3) is 3.95. The number of carbonyl (C=O) groups is 1. The molecule has 7 heteroatoms. The Morgan fingerprint density at radius 1 is 1.17 bits per heavy atom. The Balaban J connectivity index is 1.77. The van der Waals surface area contributed by atoms with E-state index >= 15 is 0 Å². The van der Waals surface area contributed by atoms with Gasteiger partial charge in [0.2, 0.25) is 0 Å². The minimum absolute atomic E-state index is 0.0913. The van der Waals surface area contributed by atoms with E-state index in [0.717, 1.165) is 28.4 Å². The van der Waals surface area contributed by atoms with Gasteiger partial charge in [0, 0.05) is 40.6 Å². The molecule has 0 saturated heterocycles. The van der Waals surface area contributed by atoms with Crippen LogP contribution in [0.15, 0.2) is 72.0 Å². The number of fused-ring (bicyclic) bond motifs is 1. The first-order chi connectivity index (χ1) is 14.2. The summed E-state index contributed by atoms with van der Waals surface area (Å²) < 4.78 is 1.96. The van der Waals surface area contributed by atoms with Crippen LogP contribution in [-0.2, 0) is 0 Å². The molecule has 4 rings (SSSR count). The number of nitrogens with zero attached hydrogens (tertiary/aromatic N) is 3. The van der Waals surface area contributed by atoms with Crippen molar-refractivity contribution in [3.63, 3.8) is 0 Å². The van der Waals surface area contributed by atoms with Crippen molar-refractivity contribution in [2.75, 3.05) is 18.1 Å². The fourth-order valence-corrected chi connectivity index (χ4v) is 3.52. The number of imidazole rings is 1. The Morgan fingerprint density at radius 2 is 2.00 bits per heavy atom. The zero-order chi connectivity index (χ0) is 20.2. The first-order valence-electron chi connectivity index (χ1n) is 9.31. The number of benzene rings is 2. The SMILES string of the molecule is CCNC(=O)c1cccc(Nc2c(-c3ccc(SC)cc3)nc3cnccn23)c1. The van der Waals surface area contributed by atoms with E-state index < -0.39 is 0 Å². The second-order valence-corrected chi connectivity index (χ2v) is 7.29. The van der Waals surface area contributed by atoms with Crippen molar-refractivity contribution in [3.8, 4) is 11.3 Å². The predicted octanol–water partition coefficient (Wildman–Crippen LogP) is 4.61. The first-order valence-corrected chi connectivity index (χ1v) is 10.5. The third-order valence-corrected chi connectivity index (χ3v) is 5.26. The molecule has 0 atom stereocenters. The van der Waals surface area contributed by atoms with Crippen LogP contribution in [0.5, 0.6) is 0 Å². The van der Waals surface area contributed by atoms with Gasteiger partial charge in [-0.1, -0.05) is 18.2 Å². The second kappa shape index (κ2) is 8.36. The third-order valence-electron chi connectivity index (χ3n) is 4.52. The van der Waals surface area contributed by atoms with Crippen molar-refractivity contribution in [1.82, 2.24) is 19.7 Å². The molecule has 0 bridgehead atoms. The summed E-state index contributed by atoms with van der Waals surface area (Å²) in [5.74, 6) is 0.735. The van der Waals surface area contributed by atoms with E-state index in [1.54, 1.807) is 30.2 Å². The van der Waals surface area contributed by atoms with E-state index in [4.69, 9.17) is 4.98 Å². The number of carbonyl (C=O) groups excluding carboxylic acids is 1. The van der Waals surface area contributed by atoms with Gasteiger partial charge in [-0.25, -0.2) is 4.98 Å². The number of hydrogen-bond donors (Lipinski definition) is 2. The maximum absolute atomic E-state index is 12.2. The van der Waals surface area contributed by atoms with E-state index in [9.17, 15) is 4.79 Å². The zero-order valence-electron chi connectivity index (χ0n) is 16.2. The highest BCUT2D eigenvalue weighted by atomic mass is 32.2. The largest absolute Gasteiger partial charge is 0.352 e. The Kier molecular flexibility index (Phi) is 5.48. The minimum atomic E-state index is -0.0913. The number of aromatic nitrogens is 3. The van der Waals surface area contributed by atoms with Gasteiger partial charge in [0.05, 0.1) is 6.20 Å². The van der Waals surface area contributed by atoms with Crippen LogP contribution in [-0.4, -0.2) is 33.1 Å². The summed E-state index contributed by atoms with van der Waals surface area (Å²) in [5.41, 5.74) is 4.01. The van der Waals surface area contributed by atoms with Gasteiger partial charge in [-0.15, -0.1) is 11.8 Å². The number of anilines is 2. The molecule has 146 valence electrons. The van der Waals surface area contributed by atoms with Crippen LogP contribution < -0.4 is 10.6 Å². The summed E-state index contributed by atoms with van der Waals surface area (Å²) in [6.07, 6.45) is 7.39. The van der Waals surface area contributed by atoms with Crippen LogP contribution in [0.4, 0.5) is 11.5 Å². The Bertz CT molecular complexity index is 1150. The van der Waals surface area contributed by atoms with E-state index in [1.165, 1.54) is 4.90 Å². The lowest BCUT2D eigenvalue weighted by molar-refractivity contribution is 0.0956. The summed E-state index contributed by atoms with van der Waals surface area (Å²) in [6.45, 7) is 2.49. The molecule has 0 aliphatic carbocycles. The van der Waals surface area contributed by atoms with Gasteiger partial charge in [-0.3, -0.25) is 14.2 Å². The lowest BCUT2D eigenvalue weighted by atomic mass is 10.1. The fourth-order valence-electron chi connectivity index (χ4n) is 3.11. The highest BCUT2D eigenvalue weighted by molar-refractivity contribution is 7.98. The molecule has 6 nitrogen and oxygen atoms in total. The molecule has 0 unspecified atom stereocenters. The zero-order valence-corrected chi connectivity index (χ0v) is 17.0. The average Bonchev–Trinajstić information content (AvgIpc) is 3.12. The molecule has 2 heterocycles. The van der Waals surface area contributed by atoms with Gasteiger partial charge >= 0.3 is 0 Å². The summed E-state index contributed by atoms with van der Waals surface area (Å²) in [5, 5.41) is 6.28. The molecular formula is C22H21N5OS. The molecule has 1 amide bonds. The van der Waals surface area contributed by atoms with Gasteiger partial charge in [0.15, 0.2) is 5.65 Å². The van der Waals surface area contributed by atoms with Crippen LogP contribution in [0.1, 0.15) is 17.3 Å². The van der Waals surface area contributed by atoms with Gasteiger partial charge in [-0.2, -0.15) is 0 Å². The van der Waals surface area contributed by atoms with Gasteiger partial charge in [-0.05, 0) is 43.5 Å². The lowest BCUT2D eigenvalue weighted by Gasteiger charge is -2.10. The van der Waals surface area contributed by atoms with Crippen molar-refractivity contribution < 1.29 is 4.79 Å². The molecule has 29 heavy (non-hydrogen) atoms. The number of nitrogens with one attached hydrogen (secondary N) is 2. The molecular weight excluding hydrogens is 382 g/mol. The Labute approximate surface area is 173 Å². The molecule has 0 saturated carbocycles. The number of rotatable bonds is 6. The van der Waals surface area contributed by atoms with Gasteiger partial charge in [0.1, 0.15) is 11.5 Å². The van der Waals surface area contributed by atoms with Crippen LogP contribution in [0.3, 0.4) is 0 Å². The molecule has 4 aromatic rings. The molecule has 2 aromatic carbocycles. The summed E-state index contributed by atoms with van der Waals surface area (Å²) in [6, 6.07) is 15.7. The minimum Gasteiger partial charge on any atom is -0.352 e. The molecule has 0 fully saturated rings. The standard InChI is InChI=1S/C22H21N5OS/c1-3-24-22(28)16-5-4-6-17(13-16)25-21-20(15-7-9-18(29-2)10-8-15)26-19-14-23-11-12-27(19)21/h4-14,25H,3H2,1-2H3,(H,24,28). The number of amides is 1. The van der Waals surface area contributed by atoms with Crippen molar-refractivity contribution in [2.45, 2.75) is 11.8 Å². The molecule has 0 aliphatic rings. The van der Waals surface area contributed by atoms with E-state index in [2.05, 4.69) is 46.1 Å². The monoisotopic (exact) mass is 403 g/mol. The maximum Gasteiger partial charge on any atom is 0.251 e. The van der Waals surface area contributed by atoms with Crippen molar-refractivity contribution in [1.29, 1.82) is 0 Å². The Hall–Kier alpha value is -3.32. The lowest BCUT2D eigenvalue weighted by Crippen LogP contribution is -2.22. The van der Waals surface area contributed by atoms with Crippen molar-refractivity contribution in [2.24, 2.45) is 0 Å². The highest BCUT2D eigenvalue weighted by Gasteiger charge is 2.15. The van der Waals surface area contributed by atoms with Gasteiger partial charge < -0.3 is 10.6 Å². The fraction of sp³-hybridized carbons (Fsp3) is 0.136. The highest BCUT2D eigenvalue weighted by Crippen LogP contribution is 2.32. The summed E-state index contributed by atoms with van der Waals surface area (Å²) in [7, 11) is 0. The number of hydrogen-bond acceptors (Lipinski definition) is 5. The van der Waals surface area contributed by atoms with Crippen molar-refractivity contribution >= 4 is 34.8 Å². The summed E-state index contributed by atoms with van der Waals surface area (Å²) >= 11 is 1.70. The molecule has 2 N–H and O–H groups in total. The van der Waals surface area contributed by atoms with Crippen molar-refractivity contribution in [3.05, 3.63) is 72.7 Å². The molecule has 2 aromatic heterocycles. The van der Waals surface area contributed by atoms with Crippen LogP contribution >= 0.6 is 11.8 Å². The number of thioether (sulfide) groups is 1. The van der Waals surface area contributed by atoms with Gasteiger partial charge in [0.25, 0.3) is 5.91 Å². The Morgan fingerprint density at radius 3 is 2.76 bits per heavy atom. The molecule has 0 spiro atoms. The second-order valence-electron chi connectivity index (χ2n) is 6.41. The predicted molar refractivity (Wildman–Crippen MR) is 118 cm³/mol. The smallest absolute Gasteiger partial charge is 0.251 e.